The summed E-state index contributed by atoms with van der Waals surface area (Å²) >= 11 is 0. The van der Waals surface area contributed by atoms with Crippen LogP contribution in [0.3, 0.4) is 0 Å². The fourth-order valence-corrected chi connectivity index (χ4v) is 2.47. The molecule has 1 fully saturated rings. The van der Waals surface area contributed by atoms with Crippen LogP contribution in [0.5, 0.6) is 0 Å². The normalized spacial score (nSPS) is 18.0. The summed E-state index contributed by atoms with van der Waals surface area (Å²) in [6.07, 6.45) is 0. The van der Waals surface area contributed by atoms with Gasteiger partial charge in [0.25, 0.3) is 5.60 Å². The Morgan fingerprint density at radius 3 is 1.47 bits per heavy atom. The highest BCUT2D eigenvalue weighted by Gasteiger charge is 2.74. The number of rotatable bonds is 2. The highest BCUT2D eigenvalue weighted by molar-refractivity contribution is 5.54. The summed E-state index contributed by atoms with van der Waals surface area (Å²) < 4.78 is 5.64. The molecule has 0 atom stereocenters. The second-order valence-corrected chi connectivity index (χ2v) is 4.42. The third kappa shape index (κ3) is 1.40. The Hall–Kier alpha value is -2.62. The molecule has 0 saturated carbocycles. The molecule has 2 aromatic rings. The number of epoxide rings is 1. The molecular formula is C16H10N2O. The summed E-state index contributed by atoms with van der Waals surface area (Å²) in [7, 11) is 0. The summed E-state index contributed by atoms with van der Waals surface area (Å²) in [5, 5.41) is 18.6. The van der Waals surface area contributed by atoms with E-state index < -0.39 is 11.2 Å². The topological polar surface area (TPSA) is 60.1 Å². The van der Waals surface area contributed by atoms with Gasteiger partial charge >= 0.3 is 0 Å². The molecule has 19 heavy (non-hydrogen) atoms. The van der Waals surface area contributed by atoms with Crippen LogP contribution < -0.4 is 0 Å². The monoisotopic (exact) mass is 246 g/mol. The first-order valence-corrected chi connectivity index (χ1v) is 5.93. The van der Waals surface area contributed by atoms with Crippen molar-refractivity contribution in [3.8, 4) is 12.1 Å². The van der Waals surface area contributed by atoms with Gasteiger partial charge in [0, 0.05) is 0 Å². The molecule has 0 N–H and O–H groups in total. The van der Waals surface area contributed by atoms with Crippen molar-refractivity contribution in [2.24, 2.45) is 0 Å². The molecule has 2 aromatic carbocycles. The van der Waals surface area contributed by atoms with Gasteiger partial charge in [-0.05, 0) is 11.1 Å². The second-order valence-electron chi connectivity index (χ2n) is 4.42. The Morgan fingerprint density at radius 1 is 0.737 bits per heavy atom. The minimum absolute atomic E-state index is 0.823. The lowest BCUT2D eigenvalue weighted by Gasteiger charge is -2.13. The SMILES string of the molecule is N#CC1(C#N)OC1(c1ccccc1)c1ccccc1. The van der Waals surface area contributed by atoms with Crippen molar-refractivity contribution in [1.82, 2.24) is 0 Å². The van der Waals surface area contributed by atoms with E-state index in [1.807, 2.05) is 72.8 Å². The highest BCUT2D eigenvalue weighted by atomic mass is 16.6. The molecule has 90 valence electrons. The molecule has 1 saturated heterocycles. The third-order valence-corrected chi connectivity index (χ3v) is 3.44. The van der Waals surface area contributed by atoms with Crippen molar-refractivity contribution < 1.29 is 4.74 Å². The van der Waals surface area contributed by atoms with E-state index in [-0.39, 0.29) is 0 Å². The van der Waals surface area contributed by atoms with Crippen LogP contribution in [0.1, 0.15) is 11.1 Å². The van der Waals surface area contributed by atoms with Crippen LogP contribution in [-0.2, 0) is 10.3 Å². The summed E-state index contributed by atoms with van der Waals surface area (Å²) in [5.74, 6) is 0. The van der Waals surface area contributed by atoms with E-state index >= 15 is 0 Å². The standard InChI is InChI=1S/C16H10N2O/c17-11-15(12-18)16(19-15,13-7-3-1-4-8-13)14-9-5-2-6-10-14/h1-10H. The van der Waals surface area contributed by atoms with E-state index in [1.54, 1.807) is 0 Å². The molecule has 3 rings (SSSR count). The van der Waals surface area contributed by atoms with Crippen molar-refractivity contribution in [2.45, 2.75) is 11.2 Å². The number of hydrogen-bond donors (Lipinski definition) is 0. The minimum atomic E-state index is -1.43. The Morgan fingerprint density at radius 2 is 1.16 bits per heavy atom. The molecule has 1 aliphatic rings. The average molecular weight is 246 g/mol. The maximum absolute atomic E-state index is 9.32. The molecular weight excluding hydrogens is 236 g/mol. The second kappa shape index (κ2) is 3.95. The van der Waals surface area contributed by atoms with E-state index in [1.165, 1.54) is 0 Å². The van der Waals surface area contributed by atoms with Crippen molar-refractivity contribution in [2.75, 3.05) is 0 Å². The predicted octanol–water partition coefficient (Wildman–Crippen LogP) is 2.75. The highest BCUT2D eigenvalue weighted by Crippen LogP contribution is 2.59. The zero-order valence-corrected chi connectivity index (χ0v) is 10.1. The van der Waals surface area contributed by atoms with E-state index in [9.17, 15) is 10.5 Å². The molecule has 0 aliphatic carbocycles. The van der Waals surface area contributed by atoms with E-state index in [4.69, 9.17) is 4.74 Å². The first-order valence-electron chi connectivity index (χ1n) is 5.93. The van der Waals surface area contributed by atoms with Crippen molar-refractivity contribution in [3.63, 3.8) is 0 Å². The van der Waals surface area contributed by atoms with Gasteiger partial charge in [-0.15, -0.1) is 0 Å². The van der Waals surface area contributed by atoms with Gasteiger partial charge in [0.15, 0.2) is 5.60 Å². The molecule has 0 radical (unpaired) electrons. The predicted molar refractivity (Wildman–Crippen MR) is 68.7 cm³/mol. The van der Waals surface area contributed by atoms with Gasteiger partial charge < -0.3 is 4.74 Å². The van der Waals surface area contributed by atoms with Crippen LogP contribution in [0, 0.1) is 22.7 Å². The Labute approximate surface area is 111 Å². The lowest BCUT2D eigenvalue weighted by Crippen LogP contribution is -2.22. The van der Waals surface area contributed by atoms with Crippen LogP contribution >= 0.6 is 0 Å². The zero-order chi connectivity index (χ0) is 13.3. The number of nitriles is 2. The third-order valence-electron chi connectivity index (χ3n) is 3.44. The maximum Gasteiger partial charge on any atom is 0.280 e. The van der Waals surface area contributed by atoms with Crippen molar-refractivity contribution in [3.05, 3.63) is 71.8 Å². The average Bonchev–Trinajstić information content (AvgIpc) is 3.20. The van der Waals surface area contributed by atoms with Crippen LogP contribution in [0.4, 0.5) is 0 Å². The van der Waals surface area contributed by atoms with Gasteiger partial charge in [-0.3, -0.25) is 0 Å². The van der Waals surface area contributed by atoms with Gasteiger partial charge in [0.05, 0.1) is 0 Å². The van der Waals surface area contributed by atoms with E-state index in [0.29, 0.717) is 0 Å². The van der Waals surface area contributed by atoms with Gasteiger partial charge in [-0.25, -0.2) is 0 Å². The molecule has 0 amide bonds. The summed E-state index contributed by atoms with van der Waals surface area (Å²) in [6.45, 7) is 0. The van der Waals surface area contributed by atoms with Gasteiger partial charge in [-0.2, -0.15) is 10.5 Å². The molecule has 3 heteroatoms. The van der Waals surface area contributed by atoms with E-state index in [2.05, 4.69) is 0 Å². The van der Waals surface area contributed by atoms with Crippen LogP contribution in [-0.4, -0.2) is 5.60 Å². The smallest absolute Gasteiger partial charge is 0.280 e. The van der Waals surface area contributed by atoms with Crippen LogP contribution in [0.15, 0.2) is 60.7 Å². The molecule has 3 nitrogen and oxygen atoms in total. The summed E-state index contributed by atoms with van der Waals surface area (Å²) in [4.78, 5) is 0. The maximum atomic E-state index is 9.32. The molecule has 1 aliphatic heterocycles. The minimum Gasteiger partial charge on any atom is -0.323 e. The lowest BCUT2D eigenvalue weighted by molar-refractivity contribution is 0.324. The lowest BCUT2D eigenvalue weighted by atomic mass is 9.82. The van der Waals surface area contributed by atoms with Crippen LogP contribution in [0.2, 0.25) is 0 Å². The Balaban J connectivity index is 2.22. The Kier molecular flexibility index (Phi) is 2.38. The Bertz CT molecular complexity index is 627. The summed E-state index contributed by atoms with van der Waals surface area (Å²) in [5.41, 5.74) is -0.761. The summed E-state index contributed by atoms with van der Waals surface area (Å²) in [6, 6.07) is 22.8. The fraction of sp³-hybridized carbons (Fsp3) is 0.125. The van der Waals surface area contributed by atoms with Gasteiger partial charge in [0.2, 0.25) is 0 Å². The van der Waals surface area contributed by atoms with Gasteiger partial charge in [-0.1, -0.05) is 60.7 Å². The first kappa shape index (κ1) is 11.5. The van der Waals surface area contributed by atoms with Crippen molar-refractivity contribution >= 4 is 0 Å². The number of benzene rings is 2. The molecule has 0 spiro atoms. The first-order chi connectivity index (χ1) is 9.29. The molecule has 1 heterocycles. The molecule has 0 unspecified atom stereocenters. The zero-order valence-electron chi connectivity index (χ0n) is 10.1. The molecule has 0 aromatic heterocycles. The number of ether oxygens (including phenoxy) is 1. The number of hydrogen-bond acceptors (Lipinski definition) is 3. The van der Waals surface area contributed by atoms with Gasteiger partial charge in [0.1, 0.15) is 12.1 Å². The van der Waals surface area contributed by atoms with E-state index in [0.717, 1.165) is 11.1 Å². The molecule has 0 bridgehead atoms. The number of nitrogens with zero attached hydrogens (tertiary/aromatic N) is 2. The largest absolute Gasteiger partial charge is 0.323 e. The van der Waals surface area contributed by atoms with Crippen LogP contribution in [0.25, 0.3) is 0 Å². The fourth-order valence-electron chi connectivity index (χ4n) is 2.47. The quantitative estimate of drug-likeness (QED) is 0.765. The van der Waals surface area contributed by atoms with Crippen molar-refractivity contribution in [1.29, 1.82) is 10.5 Å².